The van der Waals surface area contributed by atoms with Crippen molar-refractivity contribution in [2.24, 2.45) is 0 Å². The number of hydrogen-bond acceptors (Lipinski definition) is 8. The highest BCUT2D eigenvalue weighted by molar-refractivity contribution is 6.33. The van der Waals surface area contributed by atoms with E-state index in [1.165, 1.54) is 0 Å². The first-order valence-corrected chi connectivity index (χ1v) is 13.6. The number of benzene rings is 2. The van der Waals surface area contributed by atoms with Crippen LogP contribution in [0.15, 0.2) is 47.0 Å². The first-order chi connectivity index (χ1) is 20.7. The van der Waals surface area contributed by atoms with E-state index in [1.54, 1.807) is 48.2 Å². The third kappa shape index (κ3) is 6.59. The second kappa shape index (κ2) is 12.2. The highest BCUT2D eigenvalue weighted by Gasteiger charge is 2.38. The Bertz CT molecular complexity index is 1630. The molecular formula is C28H25ClF6N6O3. The summed E-state index contributed by atoms with van der Waals surface area (Å²) in [5.41, 5.74) is -2.84. The zero-order valence-electron chi connectivity index (χ0n) is 23.3. The minimum atomic E-state index is -5.03. The van der Waals surface area contributed by atoms with E-state index in [-0.39, 0.29) is 73.0 Å². The zero-order valence-corrected chi connectivity index (χ0v) is 24.1. The van der Waals surface area contributed by atoms with Crippen molar-refractivity contribution >= 4 is 23.2 Å². The minimum Gasteiger partial charge on any atom is -0.378 e. The van der Waals surface area contributed by atoms with Crippen molar-refractivity contribution in [1.29, 1.82) is 0 Å². The number of nitrogens with zero attached hydrogens (tertiary/aromatic N) is 6. The lowest BCUT2D eigenvalue weighted by Crippen LogP contribution is -2.38. The van der Waals surface area contributed by atoms with Crippen LogP contribution in [0.2, 0.25) is 5.02 Å². The lowest BCUT2D eigenvalue weighted by molar-refractivity contribution is -0.143. The molecule has 1 aliphatic rings. The maximum atomic E-state index is 14.3. The number of aromatic nitrogens is 4. The fraction of sp³-hybridized carbons (Fsp3) is 0.357. The van der Waals surface area contributed by atoms with Crippen LogP contribution < -0.4 is 4.90 Å². The number of ketones is 1. The van der Waals surface area contributed by atoms with Crippen LogP contribution in [0.3, 0.4) is 0 Å². The van der Waals surface area contributed by atoms with Gasteiger partial charge in [0.2, 0.25) is 5.78 Å². The van der Waals surface area contributed by atoms with Crippen molar-refractivity contribution in [2.75, 3.05) is 45.3 Å². The number of halogens is 7. The van der Waals surface area contributed by atoms with E-state index in [9.17, 15) is 31.1 Å². The van der Waals surface area contributed by atoms with Crippen molar-refractivity contribution in [2.45, 2.75) is 25.4 Å². The van der Waals surface area contributed by atoms with Gasteiger partial charge < -0.3 is 19.1 Å². The predicted octanol–water partition coefficient (Wildman–Crippen LogP) is 5.80. The molecule has 5 rings (SSSR count). The van der Waals surface area contributed by atoms with Crippen molar-refractivity contribution < 1.29 is 40.4 Å². The fourth-order valence-electron chi connectivity index (χ4n) is 4.84. The molecule has 0 bridgehead atoms. The Hall–Kier alpha value is -3.95. The van der Waals surface area contributed by atoms with Crippen LogP contribution in [0.25, 0.3) is 11.3 Å². The summed E-state index contributed by atoms with van der Waals surface area (Å²) in [6, 6.07) is 7.96. The van der Waals surface area contributed by atoms with Gasteiger partial charge in [-0.05, 0) is 43.9 Å². The summed E-state index contributed by atoms with van der Waals surface area (Å²) >= 11 is 6.42. The summed E-state index contributed by atoms with van der Waals surface area (Å²) < 4.78 is 93.4. The fourth-order valence-corrected chi connectivity index (χ4v) is 5.07. The van der Waals surface area contributed by atoms with Gasteiger partial charge in [-0.25, -0.2) is 4.68 Å². The molecule has 234 valence electrons. The van der Waals surface area contributed by atoms with Gasteiger partial charge in [-0.3, -0.25) is 4.79 Å². The lowest BCUT2D eigenvalue weighted by Gasteiger charge is -2.29. The molecule has 16 heteroatoms. The van der Waals surface area contributed by atoms with Crippen LogP contribution in [-0.2, 0) is 30.2 Å². The molecule has 0 radical (unpaired) electrons. The maximum absolute atomic E-state index is 14.3. The number of alkyl halides is 6. The number of ether oxygens (including phenoxy) is 1. The Morgan fingerprint density at radius 2 is 1.64 bits per heavy atom. The summed E-state index contributed by atoms with van der Waals surface area (Å²) in [4.78, 5) is 17.7. The highest BCUT2D eigenvalue weighted by Crippen LogP contribution is 2.38. The summed E-state index contributed by atoms with van der Waals surface area (Å²) in [7, 11) is 3.51. The molecule has 4 aromatic rings. The molecule has 1 aliphatic heterocycles. The Kier molecular flexibility index (Phi) is 8.73. The molecule has 9 nitrogen and oxygen atoms in total. The molecule has 0 N–H and O–H groups in total. The topological polar surface area (TPSA) is 89.5 Å². The largest absolute Gasteiger partial charge is 0.416 e. The summed E-state index contributed by atoms with van der Waals surface area (Å²) in [5, 5.41) is 12.5. The van der Waals surface area contributed by atoms with Gasteiger partial charge in [0.1, 0.15) is 5.69 Å². The number of carbonyl (C=O) groups is 1. The number of hydrogen-bond donors (Lipinski definition) is 0. The standard InChI is InChI=1S/C28H25ClF6N6O3/c1-39(2)15-21-22(23(37-44-21)19-5-3-4-6-20(19)29)25(42)24-26(40-7-9-43-10-8-40)41(38-36-24)14-16-11-17(27(30,31)32)13-18(12-16)28(33,34)35/h3-6,11-13H,7-10,14-15H2,1-2H3. The van der Waals surface area contributed by atoms with E-state index in [0.29, 0.717) is 22.7 Å². The van der Waals surface area contributed by atoms with Crippen LogP contribution in [0.5, 0.6) is 0 Å². The Labute approximate surface area is 251 Å². The van der Waals surface area contributed by atoms with Gasteiger partial charge in [0.15, 0.2) is 17.3 Å². The van der Waals surface area contributed by atoms with E-state index >= 15 is 0 Å². The van der Waals surface area contributed by atoms with E-state index < -0.39 is 35.8 Å². The van der Waals surface area contributed by atoms with Crippen LogP contribution in [0.1, 0.15) is 38.5 Å². The molecule has 2 aromatic carbocycles. The summed E-state index contributed by atoms with van der Waals surface area (Å²) in [6.07, 6.45) is -10.1. The minimum absolute atomic E-state index is 0.0479. The van der Waals surface area contributed by atoms with Crippen molar-refractivity contribution in [3.63, 3.8) is 0 Å². The van der Waals surface area contributed by atoms with Crippen molar-refractivity contribution in [1.82, 2.24) is 25.1 Å². The third-order valence-electron chi connectivity index (χ3n) is 6.79. The zero-order chi connectivity index (χ0) is 31.8. The quantitative estimate of drug-likeness (QED) is 0.176. The number of anilines is 1. The number of rotatable bonds is 8. The van der Waals surface area contributed by atoms with Crippen LogP contribution in [0, 0.1) is 0 Å². The molecule has 2 aromatic heterocycles. The summed E-state index contributed by atoms with van der Waals surface area (Å²) in [5.74, 6) is -0.359. The second-order valence-electron chi connectivity index (χ2n) is 10.3. The third-order valence-corrected chi connectivity index (χ3v) is 7.12. The SMILES string of the molecule is CN(C)Cc1onc(-c2ccccc2Cl)c1C(=O)c1nnn(Cc2cc(C(F)(F)F)cc(C(F)(F)F)c2)c1N1CCOCC1. The Morgan fingerprint density at radius 1 is 1.00 bits per heavy atom. The van der Waals surface area contributed by atoms with Crippen molar-refractivity contribution in [3.8, 4) is 11.3 Å². The second-order valence-corrected chi connectivity index (χ2v) is 10.7. The maximum Gasteiger partial charge on any atom is 0.416 e. The van der Waals surface area contributed by atoms with Gasteiger partial charge in [-0.1, -0.05) is 40.2 Å². The molecule has 1 fully saturated rings. The van der Waals surface area contributed by atoms with Crippen LogP contribution in [-0.4, -0.2) is 71.2 Å². The summed E-state index contributed by atoms with van der Waals surface area (Å²) in [6.45, 7) is 0.663. The predicted molar refractivity (Wildman–Crippen MR) is 146 cm³/mol. The van der Waals surface area contributed by atoms with Gasteiger partial charge >= 0.3 is 12.4 Å². The average molecular weight is 643 g/mol. The molecule has 0 saturated carbocycles. The smallest absolute Gasteiger partial charge is 0.378 e. The van der Waals surface area contributed by atoms with Gasteiger partial charge in [-0.2, -0.15) is 26.3 Å². The first-order valence-electron chi connectivity index (χ1n) is 13.2. The monoisotopic (exact) mass is 642 g/mol. The van der Waals surface area contributed by atoms with E-state index in [4.69, 9.17) is 20.9 Å². The lowest BCUT2D eigenvalue weighted by atomic mass is 10.00. The van der Waals surface area contributed by atoms with E-state index in [0.717, 1.165) is 4.68 Å². The molecule has 3 heterocycles. The molecule has 0 spiro atoms. The highest BCUT2D eigenvalue weighted by atomic mass is 35.5. The van der Waals surface area contributed by atoms with Crippen LogP contribution >= 0.6 is 11.6 Å². The molecule has 0 aliphatic carbocycles. The van der Waals surface area contributed by atoms with Gasteiger partial charge in [0, 0.05) is 18.7 Å². The van der Waals surface area contributed by atoms with E-state index in [2.05, 4.69) is 15.5 Å². The number of carbonyl (C=O) groups excluding carboxylic acids is 1. The number of morpholine rings is 1. The average Bonchev–Trinajstić information content (AvgIpc) is 3.56. The van der Waals surface area contributed by atoms with Gasteiger partial charge in [0.25, 0.3) is 0 Å². The molecule has 0 amide bonds. The molecule has 44 heavy (non-hydrogen) atoms. The van der Waals surface area contributed by atoms with Crippen LogP contribution in [0.4, 0.5) is 32.2 Å². The first kappa shape index (κ1) is 31.5. The van der Waals surface area contributed by atoms with Gasteiger partial charge in [-0.15, -0.1) is 5.10 Å². The molecule has 0 unspecified atom stereocenters. The Morgan fingerprint density at radius 3 is 2.23 bits per heavy atom. The van der Waals surface area contributed by atoms with Gasteiger partial charge in [0.05, 0.1) is 48.0 Å². The molecule has 1 saturated heterocycles. The molecular weight excluding hydrogens is 618 g/mol. The Balaban J connectivity index is 1.64. The normalized spacial score (nSPS) is 14.5. The van der Waals surface area contributed by atoms with Crippen molar-refractivity contribution in [3.05, 3.63) is 81.2 Å². The van der Waals surface area contributed by atoms with E-state index in [1.807, 2.05) is 0 Å². The molecule has 0 atom stereocenters.